The molecule has 0 spiro atoms. The van der Waals surface area contributed by atoms with Crippen molar-refractivity contribution in [3.05, 3.63) is 74.1 Å². The molecule has 4 rings (SSSR count). The van der Waals surface area contributed by atoms with E-state index in [4.69, 9.17) is 16.9 Å². The highest BCUT2D eigenvalue weighted by Gasteiger charge is 2.17. The topological polar surface area (TPSA) is 109 Å². The number of pyridine rings is 3. The quantitative estimate of drug-likeness (QED) is 0.562. The van der Waals surface area contributed by atoms with Crippen molar-refractivity contribution in [1.82, 2.24) is 24.3 Å². The molecule has 144 valence electrons. The molecular weight excluding hydrogens is 392 g/mol. The van der Waals surface area contributed by atoms with Crippen molar-refractivity contribution in [2.75, 3.05) is 0 Å². The Morgan fingerprint density at radius 3 is 2.72 bits per heavy atom. The summed E-state index contributed by atoms with van der Waals surface area (Å²) in [6, 6.07) is 6.55. The van der Waals surface area contributed by atoms with Crippen LogP contribution < -0.4 is 11.0 Å². The van der Waals surface area contributed by atoms with Crippen LogP contribution >= 0.6 is 11.6 Å². The molecule has 0 aliphatic heterocycles. The SMILES string of the molecule is CC(C)n1cc(-c2cc3c(=O)cc[nH]c3nc2-n2cc(C#N)cn2)cc(Cl)c1=O. The van der Waals surface area contributed by atoms with Crippen LogP contribution in [0.5, 0.6) is 0 Å². The second-order valence-corrected chi connectivity index (χ2v) is 7.17. The zero-order chi connectivity index (χ0) is 20.7. The van der Waals surface area contributed by atoms with Gasteiger partial charge in [0.05, 0.1) is 23.3 Å². The summed E-state index contributed by atoms with van der Waals surface area (Å²) in [5, 5.41) is 13.8. The van der Waals surface area contributed by atoms with Gasteiger partial charge in [-0.25, -0.2) is 9.67 Å². The molecule has 0 aromatic carbocycles. The number of fused-ring (bicyclic) bond motifs is 1. The normalized spacial score (nSPS) is 11.1. The van der Waals surface area contributed by atoms with Crippen LogP contribution in [0.1, 0.15) is 25.5 Å². The van der Waals surface area contributed by atoms with E-state index in [2.05, 4.69) is 15.1 Å². The summed E-state index contributed by atoms with van der Waals surface area (Å²) >= 11 is 6.20. The molecule has 29 heavy (non-hydrogen) atoms. The largest absolute Gasteiger partial charge is 0.346 e. The lowest BCUT2D eigenvalue weighted by molar-refractivity contribution is 0.579. The van der Waals surface area contributed by atoms with E-state index in [1.165, 1.54) is 27.7 Å². The second-order valence-electron chi connectivity index (χ2n) is 6.77. The summed E-state index contributed by atoms with van der Waals surface area (Å²) < 4.78 is 2.97. The van der Waals surface area contributed by atoms with Crippen molar-refractivity contribution in [2.24, 2.45) is 0 Å². The number of rotatable bonds is 3. The molecule has 0 unspecified atom stereocenters. The summed E-state index contributed by atoms with van der Waals surface area (Å²) in [6.45, 7) is 3.75. The van der Waals surface area contributed by atoms with Gasteiger partial charge in [0, 0.05) is 35.6 Å². The predicted octanol–water partition coefficient (Wildman–Crippen LogP) is 3.04. The average Bonchev–Trinajstić information content (AvgIpc) is 3.18. The smallest absolute Gasteiger partial charge is 0.269 e. The Hall–Kier alpha value is -3.70. The Balaban J connectivity index is 2.09. The number of aromatic nitrogens is 5. The van der Waals surface area contributed by atoms with E-state index in [9.17, 15) is 9.59 Å². The summed E-state index contributed by atoms with van der Waals surface area (Å²) in [5.41, 5.74) is 1.41. The highest BCUT2D eigenvalue weighted by Crippen LogP contribution is 2.29. The van der Waals surface area contributed by atoms with E-state index in [1.807, 2.05) is 19.9 Å². The van der Waals surface area contributed by atoms with Crippen molar-refractivity contribution in [2.45, 2.75) is 19.9 Å². The van der Waals surface area contributed by atoms with Crippen LogP contribution in [0.4, 0.5) is 0 Å². The minimum absolute atomic E-state index is 0.0578. The number of halogens is 1. The van der Waals surface area contributed by atoms with Crippen LogP contribution in [0, 0.1) is 11.3 Å². The van der Waals surface area contributed by atoms with E-state index < -0.39 is 0 Å². The molecule has 4 heterocycles. The zero-order valence-corrected chi connectivity index (χ0v) is 16.3. The van der Waals surface area contributed by atoms with Gasteiger partial charge >= 0.3 is 0 Å². The van der Waals surface area contributed by atoms with Crippen LogP contribution in [-0.2, 0) is 0 Å². The molecule has 0 aliphatic carbocycles. The standard InChI is InChI=1S/C20H15ClN6O2/c1-11(2)26-10-13(5-16(21)20(26)29)14-6-15-17(28)3-4-23-18(15)25-19(14)27-9-12(7-22)8-24-27/h3-6,8-11H,1-2H3,(H,23,25,28). The number of H-pyrrole nitrogens is 1. The molecule has 9 heteroatoms. The third kappa shape index (κ3) is 3.22. The Morgan fingerprint density at radius 1 is 1.24 bits per heavy atom. The zero-order valence-electron chi connectivity index (χ0n) is 15.5. The number of aromatic amines is 1. The van der Waals surface area contributed by atoms with Crippen LogP contribution in [-0.4, -0.2) is 24.3 Å². The molecule has 0 atom stereocenters. The number of nitrogens with zero attached hydrogens (tertiary/aromatic N) is 5. The molecule has 1 N–H and O–H groups in total. The van der Waals surface area contributed by atoms with Crippen LogP contribution in [0.15, 0.2) is 52.6 Å². The minimum Gasteiger partial charge on any atom is -0.346 e. The average molecular weight is 407 g/mol. The Labute approximate surface area is 169 Å². The van der Waals surface area contributed by atoms with Crippen LogP contribution in [0.3, 0.4) is 0 Å². The minimum atomic E-state index is -0.301. The van der Waals surface area contributed by atoms with Gasteiger partial charge in [-0.15, -0.1) is 0 Å². The molecule has 4 aromatic rings. The monoisotopic (exact) mass is 406 g/mol. The number of hydrogen-bond donors (Lipinski definition) is 1. The molecule has 0 amide bonds. The molecule has 8 nitrogen and oxygen atoms in total. The van der Waals surface area contributed by atoms with E-state index in [1.54, 1.807) is 24.5 Å². The molecule has 0 saturated heterocycles. The molecule has 0 radical (unpaired) electrons. The van der Waals surface area contributed by atoms with E-state index in [0.29, 0.717) is 33.5 Å². The van der Waals surface area contributed by atoms with Crippen molar-refractivity contribution in [3.8, 4) is 23.0 Å². The fourth-order valence-corrected chi connectivity index (χ4v) is 3.28. The van der Waals surface area contributed by atoms with Gasteiger partial charge in [0.15, 0.2) is 11.2 Å². The maximum Gasteiger partial charge on any atom is 0.269 e. The van der Waals surface area contributed by atoms with Crippen LogP contribution in [0.25, 0.3) is 28.0 Å². The highest BCUT2D eigenvalue weighted by atomic mass is 35.5. The summed E-state index contributed by atoms with van der Waals surface area (Å²) in [5.74, 6) is 0.394. The van der Waals surface area contributed by atoms with Crippen molar-refractivity contribution in [1.29, 1.82) is 5.26 Å². The molecular formula is C20H15ClN6O2. The molecule has 0 saturated carbocycles. The first kappa shape index (κ1) is 18.7. The Kier molecular flexibility index (Phi) is 4.53. The fraction of sp³-hybridized carbons (Fsp3) is 0.150. The fourth-order valence-electron chi connectivity index (χ4n) is 3.07. The Bertz CT molecular complexity index is 1410. The highest BCUT2D eigenvalue weighted by molar-refractivity contribution is 6.30. The predicted molar refractivity (Wildman–Crippen MR) is 109 cm³/mol. The lowest BCUT2D eigenvalue weighted by Gasteiger charge is -2.15. The third-order valence-electron chi connectivity index (χ3n) is 4.52. The van der Waals surface area contributed by atoms with Gasteiger partial charge in [0.2, 0.25) is 0 Å². The third-order valence-corrected chi connectivity index (χ3v) is 4.79. The lowest BCUT2D eigenvalue weighted by Crippen LogP contribution is -2.22. The van der Waals surface area contributed by atoms with Crippen LogP contribution in [0.2, 0.25) is 5.02 Å². The Morgan fingerprint density at radius 2 is 2.03 bits per heavy atom. The van der Waals surface area contributed by atoms with E-state index >= 15 is 0 Å². The van der Waals surface area contributed by atoms with Gasteiger partial charge in [-0.3, -0.25) is 9.59 Å². The van der Waals surface area contributed by atoms with Crippen molar-refractivity contribution >= 4 is 22.6 Å². The molecule has 0 aliphatic rings. The summed E-state index contributed by atoms with van der Waals surface area (Å²) in [6.07, 6.45) is 6.15. The lowest BCUT2D eigenvalue weighted by atomic mass is 10.1. The van der Waals surface area contributed by atoms with Gasteiger partial charge in [0.25, 0.3) is 5.56 Å². The van der Waals surface area contributed by atoms with Gasteiger partial charge in [-0.05, 0) is 26.0 Å². The molecule has 0 bridgehead atoms. The number of nitrogens with one attached hydrogen (secondary N) is 1. The summed E-state index contributed by atoms with van der Waals surface area (Å²) in [7, 11) is 0. The first-order chi connectivity index (χ1) is 13.9. The summed E-state index contributed by atoms with van der Waals surface area (Å²) in [4.78, 5) is 32.2. The number of hydrogen-bond acceptors (Lipinski definition) is 5. The first-order valence-electron chi connectivity index (χ1n) is 8.78. The van der Waals surface area contributed by atoms with Gasteiger partial charge in [-0.2, -0.15) is 10.4 Å². The van der Waals surface area contributed by atoms with Gasteiger partial charge < -0.3 is 9.55 Å². The second kappa shape index (κ2) is 7.04. The maximum atomic E-state index is 12.4. The molecule has 4 aromatic heterocycles. The molecule has 0 fully saturated rings. The van der Waals surface area contributed by atoms with Gasteiger partial charge in [-0.1, -0.05) is 11.6 Å². The number of nitriles is 1. The maximum absolute atomic E-state index is 12.4. The first-order valence-corrected chi connectivity index (χ1v) is 9.16. The van der Waals surface area contributed by atoms with E-state index in [0.717, 1.165) is 0 Å². The van der Waals surface area contributed by atoms with Gasteiger partial charge in [0.1, 0.15) is 16.7 Å². The van der Waals surface area contributed by atoms with E-state index in [-0.39, 0.29) is 22.1 Å². The van der Waals surface area contributed by atoms with Crippen molar-refractivity contribution in [3.63, 3.8) is 0 Å². The van der Waals surface area contributed by atoms with Crippen molar-refractivity contribution < 1.29 is 0 Å².